The fraction of sp³-hybridized carbons (Fsp3) is 0.0667. The van der Waals surface area contributed by atoms with E-state index in [1.807, 2.05) is 36.4 Å². The standard InChI is InChI=1S/C15H14N2O/c18-14-8-4-2-6-12(14)10-16-15-9-11-5-1-3-7-13(11)17-15/h1-9,16-18H,10H2. The quantitative estimate of drug-likeness (QED) is 0.654. The molecule has 3 aromatic rings. The van der Waals surface area contributed by atoms with Crippen LogP contribution in [0.25, 0.3) is 10.9 Å². The van der Waals surface area contributed by atoms with E-state index >= 15 is 0 Å². The normalized spacial score (nSPS) is 10.7. The minimum Gasteiger partial charge on any atom is -0.508 e. The van der Waals surface area contributed by atoms with E-state index in [0.29, 0.717) is 12.3 Å². The molecular formula is C15H14N2O. The predicted molar refractivity (Wildman–Crippen MR) is 73.7 cm³/mol. The van der Waals surface area contributed by atoms with Gasteiger partial charge in [0.15, 0.2) is 0 Å². The molecule has 0 aliphatic rings. The third kappa shape index (κ3) is 2.02. The molecule has 0 radical (unpaired) electrons. The van der Waals surface area contributed by atoms with Crippen molar-refractivity contribution in [3.8, 4) is 5.75 Å². The zero-order chi connectivity index (χ0) is 12.4. The van der Waals surface area contributed by atoms with Crippen LogP contribution in [-0.4, -0.2) is 10.1 Å². The molecule has 3 N–H and O–H groups in total. The van der Waals surface area contributed by atoms with Crippen LogP contribution in [0.3, 0.4) is 0 Å². The van der Waals surface area contributed by atoms with Gasteiger partial charge in [-0.15, -0.1) is 0 Å². The first-order valence-corrected chi connectivity index (χ1v) is 5.91. The van der Waals surface area contributed by atoms with Crippen molar-refractivity contribution in [2.45, 2.75) is 6.54 Å². The molecule has 2 aromatic carbocycles. The second-order valence-corrected chi connectivity index (χ2v) is 4.25. The van der Waals surface area contributed by atoms with Gasteiger partial charge in [0, 0.05) is 23.0 Å². The summed E-state index contributed by atoms with van der Waals surface area (Å²) in [6, 6.07) is 17.5. The number of hydrogen-bond acceptors (Lipinski definition) is 2. The van der Waals surface area contributed by atoms with Gasteiger partial charge in [0.1, 0.15) is 11.6 Å². The Kier molecular flexibility index (Phi) is 2.65. The SMILES string of the molecule is Oc1ccccc1CNc1cc2ccccc2[nH]1. The van der Waals surface area contributed by atoms with E-state index in [1.165, 1.54) is 5.39 Å². The van der Waals surface area contributed by atoms with Gasteiger partial charge in [-0.2, -0.15) is 0 Å². The lowest BCUT2D eigenvalue weighted by atomic mass is 10.2. The molecule has 0 fully saturated rings. The highest BCUT2D eigenvalue weighted by Crippen LogP contribution is 2.20. The number of rotatable bonds is 3. The third-order valence-corrected chi connectivity index (χ3v) is 2.99. The minimum atomic E-state index is 0.320. The number of H-pyrrole nitrogens is 1. The van der Waals surface area contributed by atoms with Gasteiger partial charge in [0.2, 0.25) is 0 Å². The van der Waals surface area contributed by atoms with Crippen LogP contribution >= 0.6 is 0 Å². The van der Waals surface area contributed by atoms with Crippen molar-refractivity contribution < 1.29 is 5.11 Å². The number of nitrogens with one attached hydrogen (secondary N) is 2. The van der Waals surface area contributed by atoms with Gasteiger partial charge in [-0.05, 0) is 18.2 Å². The number of fused-ring (bicyclic) bond motifs is 1. The monoisotopic (exact) mass is 238 g/mol. The van der Waals surface area contributed by atoms with E-state index in [4.69, 9.17) is 0 Å². The van der Waals surface area contributed by atoms with Crippen molar-refractivity contribution in [3.63, 3.8) is 0 Å². The minimum absolute atomic E-state index is 0.320. The summed E-state index contributed by atoms with van der Waals surface area (Å²) >= 11 is 0. The summed E-state index contributed by atoms with van der Waals surface area (Å²) < 4.78 is 0. The Balaban J connectivity index is 1.79. The zero-order valence-corrected chi connectivity index (χ0v) is 9.85. The molecule has 0 bridgehead atoms. The summed E-state index contributed by atoms with van der Waals surface area (Å²) in [5, 5.41) is 14.1. The van der Waals surface area contributed by atoms with Crippen molar-refractivity contribution in [3.05, 3.63) is 60.2 Å². The topological polar surface area (TPSA) is 48.0 Å². The number of hydrogen-bond donors (Lipinski definition) is 3. The predicted octanol–water partition coefficient (Wildman–Crippen LogP) is 3.49. The molecule has 0 unspecified atom stereocenters. The lowest BCUT2D eigenvalue weighted by Crippen LogP contribution is -1.99. The molecule has 0 amide bonds. The van der Waals surface area contributed by atoms with Gasteiger partial charge in [-0.25, -0.2) is 0 Å². The number of aromatic nitrogens is 1. The van der Waals surface area contributed by atoms with Crippen molar-refractivity contribution in [1.82, 2.24) is 4.98 Å². The highest BCUT2D eigenvalue weighted by atomic mass is 16.3. The number of benzene rings is 2. The number of anilines is 1. The second-order valence-electron chi connectivity index (χ2n) is 4.25. The summed E-state index contributed by atoms with van der Waals surface area (Å²) in [6.07, 6.45) is 0. The molecule has 3 heteroatoms. The molecule has 0 aliphatic heterocycles. The van der Waals surface area contributed by atoms with E-state index in [-0.39, 0.29) is 0 Å². The Bertz CT molecular complexity index is 640. The van der Waals surface area contributed by atoms with Crippen molar-refractivity contribution in [2.75, 3.05) is 5.32 Å². The first kappa shape index (κ1) is 10.7. The van der Waals surface area contributed by atoms with E-state index in [9.17, 15) is 5.11 Å². The molecule has 0 aliphatic carbocycles. The van der Waals surface area contributed by atoms with Crippen LogP contribution in [0.1, 0.15) is 5.56 Å². The van der Waals surface area contributed by atoms with Gasteiger partial charge in [0.25, 0.3) is 0 Å². The molecule has 0 atom stereocenters. The molecule has 3 nitrogen and oxygen atoms in total. The number of aromatic hydroxyl groups is 1. The fourth-order valence-corrected chi connectivity index (χ4v) is 2.02. The van der Waals surface area contributed by atoms with Crippen molar-refractivity contribution >= 4 is 16.7 Å². The van der Waals surface area contributed by atoms with Crippen molar-refractivity contribution in [1.29, 1.82) is 0 Å². The van der Waals surface area contributed by atoms with Crippen LogP contribution < -0.4 is 5.32 Å². The average Bonchev–Trinajstić information content (AvgIpc) is 2.80. The molecule has 1 heterocycles. The Morgan fingerprint density at radius 1 is 1.00 bits per heavy atom. The molecule has 0 saturated heterocycles. The highest BCUT2D eigenvalue weighted by molar-refractivity contribution is 5.83. The van der Waals surface area contributed by atoms with E-state index in [1.54, 1.807) is 6.07 Å². The number of phenols is 1. The molecule has 3 rings (SSSR count). The maximum Gasteiger partial charge on any atom is 0.120 e. The molecule has 0 spiro atoms. The third-order valence-electron chi connectivity index (χ3n) is 2.99. The van der Waals surface area contributed by atoms with Crippen LogP contribution in [0, 0.1) is 0 Å². The van der Waals surface area contributed by atoms with E-state index in [2.05, 4.69) is 22.4 Å². The summed E-state index contributed by atoms with van der Waals surface area (Å²) in [5.41, 5.74) is 1.99. The van der Waals surface area contributed by atoms with Crippen molar-refractivity contribution in [2.24, 2.45) is 0 Å². The average molecular weight is 238 g/mol. The number of aromatic amines is 1. The van der Waals surface area contributed by atoms with Crippen LogP contribution in [0.15, 0.2) is 54.6 Å². The van der Waals surface area contributed by atoms with Crippen LogP contribution in [0.4, 0.5) is 5.82 Å². The Morgan fingerprint density at radius 3 is 2.61 bits per heavy atom. The van der Waals surface area contributed by atoms with E-state index in [0.717, 1.165) is 16.9 Å². The van der Waals surface area contributed by atoms with Gasteiger partial charge in [-0.3, -0.25) is 0 Å². The first-order valence-electron chi connectivity index (χ1n) is 5.91. The molecular weight excluding hydrogens is 224 g/mol. The highest BCUT2D eigenvalue weighted by Gasteiger charge is 2.02. The molecule has 90 valence electrons. The smallest absolute Gasteiger partial charge is 0.120 e. The molecule has 0 saturated carbocycles. The summed E-state index contributed by atoms with van der Waals surface area (Å²) in [4.78, 5) is 3.29. The second kappa shape index (κ2) is 4.45. The molecule has 1 aromatic heterocycles. The largest absolute Gasteiger partial charge is 0.508 e. The van der Waals surface area contributed by atoms with E-state index < -0.39 is 0 Å². The number of phenolic OH excluding ortho intramolecular Hbond substituents is 1. The zero-order valence-electron chi connectivity index (χ0n) is 9.85. The first-order chi connectivity index (χ1) is 8.83. The Hall–Kier alpha value is -2.42. The maximum atomic E-state index is 9.68. The number of para-hydroxylation sites is 2. The van der Waals surface area contributed by atoms with Gasteiger partial charge >= 0.3 is 0 Å². The van der Waals surface area contributed by atoms with Crippen LogP contribution in [0.5, 0.6) is 5.75 Å². The maximum absolute atomic E-state index is 9.68. The Labute approximate surface area is 105 Å². The van der Waals surface area contributed by atoms with Gasteiger partial charge < -0.3 is 15.4 Å². The molecule has 18 heavy (non-hydrogen) atoms. The van der Waals surface area contributed by atoms with Gasteiger partial charge in [-0.1, -0.05) is 36.4 Å². The van der Waals surface area contributed by atoms with Gasteiger partial charge in [0.05, 0.1) is 0 Å². The summed E-state index contributed by atoms with van der Waals surface area (Å²) in [6.45, 7) is 0.597. The lowest BCUT2D eigenvalue weighted by Gasteiger charge is -2.05. The van der Waals surface area contributed by atoms with Crippen LogP contribution in [-0.2, 0) is 6.54 Å². The summed E-state index contributed by atoms with van der Waals surface area (Å²) in [5.74, 6) is 1.28. The lowest BCUT2D eigenvalue weighted by molar-refractivity contribution is 0.469. The van der Waals surface area contributed by atoms with Crippen LogP contribution in [0.2, 0.25) is 0 Å². The fourth-order valence-electron chi connectivity index (χ4n) is 2.02. The Morgan fingerprint density at radius 2 is 1.78 bits per heavy atom. The summed E-state index contributed by atoms with van der Waals surface area (Å²) in [7, 11) is 0.